The molecule has 51 heavy (non-hydrogen) atoms. The molecule has 0 aliphatic carbocycles. The summed E-state index contributed by atoms with van der Waals surface area (Å²) in [6, 6.07) is 19.9. The number of thioether (sulfide) groups is 1. The lowest BCUT2D eigenvalue weighted by Gasteiger charge is -2.33. The maximum atomic E-state index is 14.1. The van der Waals surface area contributed by atoms with Crippen molar-refractivity contribution in [3.8, 4) is 0 Å². The lowest BCUT2D eigenvalue weighted by atomic mass is 9.96. The van der Waals surface area contributed by atoms with Crippen LogP contribution in [-0.4, -0.2) is 84.4 Å². The van der Waals surface area contributed by atoms with Crippen molar-refractivity contribution in [3.05, 3.63) is 107 Å². The van der Waals surface area contributed by atoms with Crippen molar-refractivity contribution < 1.29 is 29.1 Å². The molecule has 3 aromatic carbocycles. The summed E-state index contributed by atoms with van der Waals surface area (Å²) in [5.41, 5.74) is 9.02. The Hall–Kier alpha value is -5.34. The zero-order chi connectivity index (χ0) is 36.7. The van der Waals surface area contributed by atoms with Crippen LogP contribution in [0, 0.1) is 6.92 Å². The highest BCUT2D eigenvalue weighted by atomic mass is 32.2. The van der Waals surface area contributed by atoms with E-state index in [0.29, 0.717) is 16.6 Å². The highest BCUT2D eigenvalue weighted by molar-refractivity contribution is 8.00. The lowest BCUT2D eigenvalue weighted by molar-refractivity contribution is -0.148. The first kappa shape index (κ1) is 36.9. The predicted octanol–water partition coefficient (Wildman–Crippen LogP) is 2.00. The van der Waals surface area contributed by atoms with Crippen molar-refractivity contribution in [1.82, 2.24) is 30.8 Å². The number of para-hydroxylation sites is 2. The molecule has 0 unspecified atom stereocenters. The van der Waals surface area contributed by atoms with Crippen molar-refractivity contribution >= 4 is 52.3 Å². The highest BCUT2D eigenvalue weighted by Gasteiger charge is 2.50. The molecule has 1 saturated heterocycles. The summed E-state index contributed by atoms with van der Waals surface area (Å²) in [5.74, 6) is -3.50. The number of hydrogen-bond acceptors (Lipinski definition) is 9. The summed E-state index contributed by atoms with van der Waals surface area (Å²) in [5, 5.41) is 19.8. The van der Waals surface area contributed by atoms with Gasteiger partial charge in [-0.25, -0.2) is 4.98 Å². The summed E-state index contributed by atoms with van der Waals surface area (Å²) >= 11 is 1.40. The molecule has 1 aromatic heterocycles. The van der Waals surface area contributed by atoms with Gasteiger partial charge >= 0.3 is 0 Å². The number of nitrogens with two attached hydrogens (primary N) is 1. The first-order valence-electron chi connectivity index (χ1n) is 16.4. The van der Waals surface area contributed by atoms with Gasteiger partial charge < -0.3 is 31.7 Å². The molecule has 1 fully saturated rings. The third kappa shape index (κ3) is 9.07. The molecule has 0 saturated carbocycles. The van der Waals surface area contributed by atoms with Gasteiger partial charge in [-0.2, -0.15) is 0 Å². The Morgan fingerprint density at radius 1 is 0.961 bits per heavy atom. The van der Waals surface area contributed by atoms with E-state index in [9.17, 15) is 29.1 Å². The van der Waals surface area contributed by atoms with Gasteiger partial charge in [-0.3, -0.25) is 29.0 Å². The van der Waals surface area contributed by atoms with Gasteiger partial charge in [0.15, 0.2) is 6.10 Å². The third-order valence-electron chi connectivity index (χ3n) is 8.76. The van der Waals surface area contributed by atoms with E-state index in [2.05, 4.69) is 25.9 Å². The van der Waals surface area contributed by atoms with Gasteiger partial charge in [0.05, 0.1) is 35.6 Å². The Balaban J connectivity index is 1.35. The second kappa shape index (κ2) is 16.1. The van der Waals surface area contributed by atoms with Crippen LogP contribution in [0.15, 0.2) is 85.1 Å². The first-order chi connectivity index (χ1) is 24.3. The Morgan fingerprint density at radius 2 is 1.63 bits per heavy atom. The molecule has 2 heterocycles. The summed E-state index contributed by atoms with van der Waals surface area (Å²) in [4.78, 5) is 76.6. The van der Waals surface area contributed by atoms with Crippen molar-refractivity contribution in [2.24, 2.45) is 5.73 Å². The highest BCUT2D eigenvalue weighted by Crippen LogP contribution is 2.40. The summed E-state index contributed by atoms with van der Waals surface area (Å²) < 4.78 is -0.689. The quantitative estimate of drug-likeness (QED) is 0.138. The van der Waals surface area contributed by atoms with Crippen LogP contribution in [0.5, 0.6) is 0 Å². The van der Waals surface area contributed by atoms with Crippen molar-refractivity contribution in [2.45, 2.75) is 69.1 Å². The number of nitrogens with zero attached hydrogens (tertiary/aromatic N) is 3. The third-order valence-corrected chi connectivity index (χ3v) is 10.1. The van der Waals surface area contributed by atoms with Crippen molar-refractivity contribution in [3.63, 3.8) is 0 Å². The molecule has 0 bridgehead atoms. The van der Waals surface area contributed by atoms with E-state index in [1.807, 2.05) is 45.0 Å². The van der Waals surface area contributed by atoms with Crippen LogP contribution in [0.2, 0.25) is 0 Å². The summed E-state index contributed by atoms with van der Waals surface area (Å²) in [7, 11) is 0. The molecule has 1 aliphatic heterocycles. The number of benzene rings is 3. The minimum Gasteiger partial charge on any atom is -0.381 e. The van der Waals surface area contributed by atoms with Gasteiger partial charge in [-0.15, -0.1) is 11.8 Å². The van der Waals surface area contributed by atoms with Gasteiger partial charge in [0.1, 0.15) is 17.8 Å². The SMILES string of the molecule is Cc1ccccc1CNC(=O)[C@H]1N(C(=O)[C@@H](O)[C@H](Cc2ccccc2)NC(=O)[C@H](CC(N)=O)NC(=O)c2cnc3ccccc3n2)CSC1(C)C. The van der Waals surface area contributed by atoms with Gasteiger partial charge in [-0.1, -0.05) is 66.7 Å². The standard InChI is InChI=1S/C37H41N7O6S/c1-22-11-7-8-14-24(22)19-40-35(49)32-37(2,3)51-21-44(32)36(50)31(46)27(17-23-12-5-4-6-13-23)42-33(47)28(18-30(38)45)43-34(48)29-20-39-25-15-9-10-16-26(25)41-29/h4-16,20,27-28,31-32,46H,17-19,21H2,1-3H3,(H2,38,45)(H,40,49)(H,42,47)(H,43,48)/t27-,28-,31-,32+/m0/s1. The number of carbonyl (C=O) groups excluding carboxylic acids is 5. The first-order valence-corrected chi connectivity index (χ1v) is 17.4. The average Bonchev–Trinajstić information content (AvgIpc) is 3.44. The number of aliphatic hydroxyl groups is 1. The Labute approximate surface area is 299 Å². The molecule has 4 atom stereocenters. The maximum Gasteiger partial charge on any atom is 0.272 e. The Bertz CT molecular complexity index is 1920. The second-order valence-corrected chi connectivity index (χ2v) is 14.5. The number of amides is 5. The molecule has 0 radical (unpaired) electrons. The molecule has 5 rings (SSSR count). The number of rotatable bonds is 13. The maximum absolute atomic E-state index is 14.1. The van der Waals surface area contributed by atoms with E-state index in [-0.39, 0.29) is 30.4 Å². The van der Waals surface area contributed by atoms with Crippen LogP contribution in [0.4, 0.5) is 0 Å². The Morgan fingerprint density at radius 3 is 2.33 bits per heavy atom. The molecule has 6 N–H and O–H groups in total. The van der Waals surface area contributed by atoms with Crippen molar-refractivity contribution in [2.75, 3.05) is 5.88 Å². The monoisotopic (exact) mass is 711 g/mol. The van der Waals surface area contributed by atoms with E-state index in [0.717, 1.165) is 11.1 Å². The normalized spacial score (nSPS) is 16.9. The predicted molar refractivity (Wildman–Crippen MR) is 193 cm³/mol. The molecule has 14 heteroatoms. The lowest BCUT2D eigenvalue weighted by Crippen LogP contribution is -2.60. The molecule has 5 amide bonds. The van der Waals surface area contributed by atoms with Gasteiger partial charge in [0, 0.05) is 11.3 Å². The summed E-state index contributed by atoms with van der Waals surface area (Å²) in [6.07, 6.45) is -1.10. The number of hydrogen-bond donors (Lipinski definition) is 5. The summed E-state index contributed by atoms with van der Waals surface area (Å²) in [6.45, 7) is 5.92. The molecular weight excluding hydrogens is 671 g/mol. The van der Waals surface area contributed by atoms with Crippen molar-refractivity contribution in [1.29, 1.82) is 0 Å². The molecule has 13 nitrogen and oxygen atoms in total. The second-order valence-electron chi connectivity index (χ2n) is 12.9. The van der Waals surface area contributed by atoms with E-state index in [1.54, 1.807) is 54.6 Å². The molecule has 1 aliphatic rings. The largest absolute Gasteiger partial charge is 0.381 e. The molecular formula is C37H41N7O6S. The topological polar surface area (TPSA) is 197 Å². The van der Waals surface area contributed by atoms with E-state index in [1.165, 1.54) is 22.9 Å². The number of fused-ring (bicyclic) bond motifs is 1. The zero-order valence-electron chi connectivity index (χ0n) is 28.5. The van der Waals surface area contributed by atoms with Gasteiger partial charge in [0.25, 0.3) is 11.8 Å². The van der Waals surface area contributed by atoms with E-state index < -0.39 is 59.0 Å². The zero-order valence-corrected chi connectivity index (χ0v) is 29.4. The van der Waals surface area contributed by atoms with Crippen LogP contribution in [0.3, 0.4) is 0 Å². The number of aryl methyl sites for hydroxylation is 1. The molecule has 4 aromatic rings. The van der Waals surface area contributed by atoms with E-state index >= 15 is 0 Å². The number of aromatic nitrogens is 2. The smallest absolute Gasteiger partial charge is 0.272 e. The molecule has 0 spiro atoms. The van der Waals surface area contributed by atoms with Crippen LogP contribution in [0.1, 0.15) is 47.4 Å². The van der Waals surface area contributed by atoms with E-state index in [4.69, 9.17) is 5.73 Å². The number of carbonyl (C=O) groups is 5. The van der Waals surface area contributed by atoms with Gasteiger partial charge in [-0.05, 0) is 56.0 Å². The Kier molecular flexibility index (Phi) is 11.7. The minimum absolute atomic E-state index is 0.0153. The molecule has 266 valence electrons. The number of nitrogens with one attached hydrogen (secondary N) is 3. The number of aliphatic hydroxyl groups excluding tert-OH is 1. The number of primary amides is 1. The van der Waals surface area contributed by atoms with Gasteiger partial charge in [0.2, 0.25) is 17.7 Å². The average molecular weight is 712 g/mol. The minimum atomic E-state index is -1.80. The van der Waals surface area contributed by atoms with Crippen LogP contribution < -0.4 is 21.7 Å². The fourth-order valence-corrected chi connectivity index (χ4v) is 7.08. The van der Waals surface area contributed by atoms with Crippen LogP contribution in [0.25, 0.3) is 11.0 Å². The van der Waals surface area contributed by atoms with Crippen LogP contribution >= 0.6 is 11.8 Å². The fraction of sp³-hybridized carbons (Fsp3) is 0.324. The van der Waals surface area contributed by atoms with Crippen LogP contribution in [-0.2, 0) is 32.1 Å². The fourth-order valence-electron chi connectivity index (χ4n) is 5.94.